The van der Waals surface area contributed by atoms with E-state index in [1.165, 1.54) is 6.08 Å². The van der Waals surface area contributed by atoms with Crippen molar-refractivity contribution in [1.82, 2.24) is 19.9 Å². The molecule has 1 aliphatic heterocycles. The van der Waals surface area contributed by atoms with Crippen molar-refractivity contribution in [3.63, 3.8) is 0 Å². The molecule has 1 saturated heterocycles. The minimum atomic E-state index is -0.0458. The van der Waals surface area contributed by atoms with Gasteiger partial charge in [-0.1, -0.05) is 36.9 Å². The monoisotopic (exact) mass is 424 g/mol. The quantitative estimate of drug-likeness (QED) is 0.449. The highest BCUT2D eigenvalue weighted by molar-refractivity contribution is 6.02. The fraction of sp³-hybridized carbons (Fsp3) is 0.192. The lowest BCUT2D eigenvalue weighted by Gasteiger charge is -2.24. The van der Waals surface area contributed by atoms with Crippen molar-refractivity contribution in [3.8, 4) is 28.1 Å². The second-order valence-corrected chi connectivity index (χ2v) is 7.86. The molecule has 160 valence electrons. The second kappa shape index (κ2) is 8.67. The van der Waals surface area contributed by atoms with Crippen LogP contribution in [-0.4, -0.2) is 45.0 Å². The van der Waals surface area contributed by atoms with Crippen LogP contribution in [0.25, 0.3) is 33.4 Å². The van der Waals surface area contributed by atoms with Crippen molar-refractivity contribution < 1.29 is 9.53 Å². The van der Waals surface area contributed by atoms with Crippen LogP contribution in [-0.2, 0) is 4.79 Å². The number of rotatable bonds is 6. The number of pyridine rings is 2. The van der Waals surface area contributed by atoms with Gasteiger partial charge in [-0.25, -0.2) is 0 Å². The summed E-state index contributed by atoms with van der Waals surface area (Å²) in [5.74, 6) is 0.629. The first-order valence-corrected chi connectivity index (χ1v) is 10.8. The number of carbonyl (C=O) groups excluding carboxylic acids is 1. The second-order valence-electron chi connectivity index (χ2n) is 7.86. The lowest BCUT2D eigenvalue weighted by atomic mass is 10.0. The SMILES string of the molecule is C=CC(=O)N1CCC[C@@H]1COc1cnccc1-c1[nH]c2cccnc2c1-c1ccccc1. The van der Waals surface area contributed by atoms with Crippen LogP contribution in [0.1, 0.15) is 12.8 Å². The van der Waals surface area contributed by atoms with E-state index in [4.69, 9.17) is 4.74 Å². The molecular weight excluding hydrogens is 400 g/mol. The Bertz CT molecular complexity index is 1270. The minimum absolute atomic E-state index is 0.0338. The molecule has 0 saturated carbocycles. The Balaban J connectivity index is 1.53. The molecule has 1 N–H and O–H groups in total. The number of amides is 1. The van der Waals surface area contributed by atoms with E-state index in [0.717, 1.165) is 52.8 Å². The normalized spacial score (nSPS) is 15.8. The van der Waals surface area contributed by atoms with E-state index in [1.807, 2.05) is 47.5 Å². The Morgan fingerprint density at radius 3 is 2.91 bits per heavy atom. The Morgan fingerprint density at radius 2 is 2.06 bits per heavy atom. The molecular formula is C26H24N4O2. The van der Waals surface area contributed by atoms with E-state index in [2.05, 4.69) is 33.7 Å². The Labute approximate surface area is 186 Å². The number of nitrogens with one attached hydrogen (secondary N) is 1. The van der Waals surface area contributed by atoms with E-state index in [0.29, 0.717) is 12.4 Å². The van der Waals surface area contributed by atoms with E-state index in [-0.39, 0.29) is 11.9 Å². The molecule has 0 aliphatic carbocycles. The molecule has 0 radical (unpaired) electrons. The fourth-order valence-electron chi connectivity index (χ4n) is 4.41. The summed E-state index contributed by atoms with van der Waals surface area (Å²) >= 11 is 0. The number of hydrogen-bond donors (Lipinski definition) is 1. The first-order valence-electron chi connectivity index (χ1n) is 10.8. The third-order valence-corrected chi connectivity index (χ3v) is 5.94. The zero-order chi connectivity index (χ0) is 21.9. The molecule has 0 bridgehead atoms. The van der Waals surface area contributed by atoms with Crippen LogP contribution in [0.3, 0.4) is 0 Å². The fourth-order valence-corrected chi connectivity index (χ4v) is 4.41. The number of carbonyl (C=O) groups is 1. The molecule has 1 fully saturated rings. The summed E-state index contributed by atoms with van der Waals surface area (Å²) in [6.07, 6.45) is 8.57. The highest BCUT2D eigenvalue weighted by Gasteiger charge is 2.28. The van der Waals surface area contributed by atoms with Gasteiger partial charge in [0.1, 0.15) is 12.4 Å². The molecule has 1 atom stereocenters. The molecule has 4 aromatic rings. The van der Waals surface area contributed by atoms with Crippen LogP contribution < -0.4 is 4.74 Å². The molecule has 1 amide bonds. The van der Waals surface area contributed by atoms with Crippen molar-refractivity contribution >= 4 is 16.9 Å². The lowest BCUT2D eigenvalue weighted by Crippen LogP contribution is -2.38. The third-order valence-electron chi connectivity index (χ3n) is 5.94. The average Bonchev–Trinajstić information content (AvgIpc) is 3.47. The van der Waals surface area contributed by atoms with E-state index in [1.54, 1.807) is 12.4 Å². The summed E-state index contributed by atoms with van der Waals surface area (Å²) in [7, 11) is 0. The van der Waals surface area contributed by atoms with Gasteiger partial charge in [-0.15, -0.1) is 0 Å². The van der Waals surface area contributed by atoms with E-state index < -0.39 is 0 Å². The van der Waals surface area contributed by atoms with Crippen molar-refractivity contribution in [2.24, 2.45) is 0 Å². The summed E-state index contributed by atoms with van der Waals surface area (Å²) in [6.45, 7) is 4.77. The summed E-state index contributed by atoms with van der Waals surface area (Å²) < 4.78 is 6.26. The molecule has 6 nitrogen and oxygen atoms in total. The van der Waals surface area contributed by atoms with Gasteiger partial charge in [0.15, 0.2) is 0 Å². The van der Waals surface area contributed by atoms with Crippen molar-refractivity contribution in [2.45, 2.75) is 18.9 Å². The van der Waals surface area contributed by atoms with Gasteiger partial charge in [-0.2, -0.15) is 0 Å². The largest absolute Gasteiger partial charge is 0.489 e. The molecule has 0 spiro atoms. The smallest absolute Gasteiger partial charge is 0.246 e. The molecule has 6 heteroatoms. The maximum Gasteiger partial charge on any atom is 0.246 e. The van der Waals surface area contributed by atoms with Crippen molar-refractivity contribution in [3.05, 3.63) is 79.8 Å². The lowest BCUT2D eigenvalue weighted by molar-refractivity contribution is -0.127. The van der Waals surface area contributed by atoms with Gasteiger partial charge in [0, 0.05) is 30.1 Å². The Kier molecular flexibility index (Phi) is 5.42. The highest BCUT2D eigenvalue weighted by Crippen LogP contribution is 2.40. The zero-order valence-corrected chi connectivity index (χ0v) is 17.7. The van der Waals surface area contributed by atoms with Crippen LogP contribution >= 0.6 is 0 Å². The number of hydrogen-bond acceptors (Lipinski definition) is 4. The molecule has 0 unspecified atom stereocenters. The van der Waals surface area contributed by atoms with Gasteiger partial charge in [0.25, 0.3) is 0 Å². The van der Waals surface area contributed by atoms with Gasteiger partial charge >= 0.3 is 0 Å². The van der Waals surface area contributed by atoms with Gasteiger partial charge in [-0.3, -0.25) is 14.8 Å². The number of aromatic amines is 1. The summed E-state index contributed by atoms with van der Waals surface area (Å²) in [4.78, 5) is 26.5. The number of benzene rings is 1. The summed E-state index contributed by atoms with van der Waals surface area (Å²) in [6, 6.07) is 16.2. The van der Waals surface area contributed by atoms with E-state index in [9.17, 15) is 4.79 Å². The summed E-state index contributed by atoms with van der Waals surface area (Å²) in [5.41, 5.74) is 5.83. The van der Waals surface area contributed by atoms with Gasteiger partial charge < -0.3 is 14.6 Å². The Hall–Kier alpha value is -3.93. The topological polar surface area (TPSA) is 71.1 Å². The maximum atomic E-state index is 12.2. The third kappa shape index (κ3) is 3.64. The van der Waals surface area contributed by atoms with Gasteiger partial charge in [0.2, 0.25) is 5.91 Å². The van der Waals surface area contributed by atoms with Gasteiger partial charge in [0.05, 0.1) is 29.0 Å². The summed E-state index contributed by atoms with van der Waals surface area (Å²) in [5, 5.41) is 0. The molecule has 1 aliphatic rings. The molecule has 32 heavy (non-hydrogen) atoms. The van der Waals surface area contributed by atoms with Crippen molar-refractivity contribution in [2.75, 3.05) is 13.2 Å². The molecule has 4 heterocycles. The number of fused-ring (bicyclic) bond motifs is 1. The van der Waals surface area contributed by atoms with Crippen LogP contribution in [0.15, 0.2) is 79.8 Å². The average molecular weight is 425 g/mol. The predicted molar refractivity (Wildman–Crippen MR) is 125 cm³/mol. The number of likely N-dealkylation sites (tertiary alicyclic amines) is 1. The first-order chi connectivity index (χ1) is 15.8. The van der Waals surface area contributed by atoms with Crippen LogP contribution in [0, 0.1) is 0 Å². The molecule has 5 rings (SSSR count). The highest BCUT2D eigenvalue weighted by atomic mass is 16.5. The Morgan fingerprint density at radius 1 is 1.19 bits per heavy atom. The zero-order valence-electron chi connectivity index (χ0n) is 17.7. The standard InChI is InChI=1S/C26H24N4O2/c1-2-23(31)30-15-7-10-19(30)17-32-22-16-27-14-12-20(22)25-24(18-8-4-3-5-9-18)26-21(29-25)11-6-13-28-26/h2-6,8-9,11-14,16,19,29H,1,7,10,15,17H2/t19-/m1/s1. The first kappa shape index (κ1) is 20.0. The number of ether oxygens (including phenoxy) is 1. The number of H-pyrrole nitrogens is 1. The van der Waals surface area contributed by atoms with Crippen LogP contribution in [0.4, 0.5) is 0 Å². The van der Waals surface area contributed by atoms with Crippen LogP contribution in [0.2, 0.25) is 0 Å². The number of nitrogens with zero attached hydrogens (tertiary/aromatic N) is 3. The maximum absolute atomic E-state index is 12.2. The number of aromatic nitrogens is 3. The van der Waals surface area contributed by atoms with Crippen LogP contribution in [0.5, 0.6) is 5.75 Å². The van der Waals surface area contributed by atoms with Crippen molar-refractivity contribution in [1.29, 1.82) is 0 Å². The molecule has 1 aromatic carbocycles. The minimum Gasteiger partial charge on any atom is -0.489 e. The van der Waals surface area contributed by atoms with E-state index >= 15 is 0 Å². The molecule has 3 aromatic heterocycles. The van der Waals surface area contributed by atoms with Gasteiger partial charge in [-0.05, 0) is 42.7 Å². The predicted octanol–water partition coefficient (Wildman–Crippen LogP) is 4.85.